The number of nitrogens with zero attached hydrogens (tertiary/aromatic N) is 1. The molecule has 2 bridgehead atoms. The fourth-order valence-corrected chi connectivity index (χ4v) is 2.54. The van der Waals surface area contributed by atoms with Gasteiger partial charge in [-0.05, 0) is 33.1 Å². The van der Waals surface area contributed by atoms with E-state index in [9.17, 15) is 4.79 Å². The van der Waals surface area contributed by atoms with E-state index in [0.717, 1.165) is 13.0 Å². The zero-order chi connectivity index (χ0) is 11.2. The van der Waals surface area contributed by atoms with Crippen molar-refractivity contribution >= 4 is 6.09 Å². The molecule has 2 saturated heterocycles. The van der Waals surface area contributed by atoms with Crippen LogP contribution in [0.1, 0.15) is 27.2 Å². The maximum Gasteiger partial charge on any atom is 0.410 e. The van der Waals surface area contributed by atoms with Gasteiger partial charge in [0.2, 0.25) is 0 Å². The van der Waals surface area contributed by atoms with Crippen LogP contribution < -0.4 is 0 Å². The standard InChI is InChI=1S/C11H19NO3/c1-11(2,3)15-10(14)12-5-7-4-9(12)8(7)6-13/h7-9,13H,4-6H2,1-3H3/t7-,8+,9-/m0/s1. The Bertz CT molecular complexity index is 271. The number of carbonyl (C=O) groups excluding carboxylic acids is 1. The second kappa shape index (κ2) is 3.37. The van der Waals surface area contributed by atoms with Gasteiger partial charge in [-0.2, -0.15) is 0 Å². The summed E-state index contributed by atoms with van der Waals surface area (Å²) in [7, 11) is 0. The third-order valence-corrected chi connectivity index (χ3v) is 3.31. The van der Waals surface area contributed by atoms with Gasteiger partial charge in [0.05, 0.1) is 0 Å². The Morgan fingerprint density at radius 1 is 1.53 bits per heavy atom. The van der Waals surface area contributed by atoms with E-state index >= 15 is 0 Å². The number of hydrogen-bond acceptors (Lipinski definition) is 3. The molecule has 0 aromatic carbocycles. The highest BCUT2D eigenvalue weighted by Gasteiger charge is 2.54. The van der Waals surface area contributed by atoms with E-state index in [-0.39, 0.29) is 24.7 Å². The Hall–Kier alpha value is -0.770. The first-order valence-electron chi connectivity index (χ1n) is 5.53. The molecule has 0 spiro atoms. The van der Waals surface area contributed by atoms with E-state index in [1.165, 1.54) is 0 Å². The molecule has 0 aromatic rings. The number of hydrogen-bond donors (Lipinski definition) is 1. The summed E-state index contributed by atoms with van der Waals surface area (Å²) in [5.74, 6) is 0.782. The van der Waals surface area contributed by atoms with Crippen LogP contribution in [0, 0.1) is 11.8 Å². The molecule has 3 rings (SSSR count). The molecule has 2 heterocycles. The van der Waals surface area contributed by atoms with Gasteiger partial charge in [0.1, 0.15) is 5.60 Å². The summed E-state index contributed by atoms with van der Waals surface area (Å²) in [4.78, 5) is 13.6. The maximum atomic E-state index is 11.8. The van der Waals surface area contributed by atoms with Crippen LogP contribution in [0.25, 0.3) is 0 Å². The van der Waals surface area contributed by atoms with Gasteiger partial charge in [-0.3, -0.25) is 0 Å². The van der Waals surface area contributed by atoms with E-state index in [2.05, 4.69) is 0 Å². The third kappa shape index (κ3) is 1.83. The highest BCUT2D eigenvalue weighted by molar-refractivity contribution is 5.69. The van der Waals surface area contributed by atoms with Crippen LogP contribution in [0.3, 0.4) is 0 Å². The predicted octanol–water partition coefficient (Wildman–Crippen LogP) is 1.23. The van der Waals surface area contributed by atoms with Crippen molar-refractivity contribution in [2.75, 3.05) is 13.2 Å². The van der Waals surface area contributed by atoms with Gasteiger partial charge in [-0.15, -0.1) is 0 Å². The molecule has 4 heteroatoms. The molecule has 1 amide bonds. The van der Waals surface area contributed by atoms with Crippen LogP contribution in [-0.4, -0.2) is 40.9 Å². The number of aliphatic hydroxyl groups excluding tert-OH is 1. The van der Waals surface area contributed by atoms with Crippen LogP contribution in [-0.2, 0) is 4.74 Å². The second-order valence-corrected chi connectivity index (χ2v) is 5.54. The van der Waals surface area contributed by atoms with E-state index in [0.29, 0.717) is 5.92 Å². The first-order valence-corrected chi connectivity index (χ1v) is 5.53. The second-order valence-electron chi connectivity index (χ2n) is 5.54. The van der Waals surface area contributed by atoms with Crippen molar-refractivity contribution in [1.82, 2.24) is 4.90 Å². The summed E-state index contributed by atoms with van der Waals surface area (Å²) < 4.78 is 5.32. The van der Waals surface area contributed by atoms with Crippen LogP contribution in [0.4, 0.5) is 4.79 Å². The maximum absolute atomic E-state index is 11.8. The first-order chi connectivity index (χ1) is 6.92. The van der Waals surface area contributed by atoms with Crippen molar-refractivity contribution < 1.29 is 14.6 Å². The largest absolute Gasteiger partial charge is 0.444 e. The zero-order valence-electron chi connectivity index (χ0n) is 9.56. The molecule has 3 fully saturated rings. The third-order valence-electron chi connectivity index (χ3n) is 3.31. The molecule has 3 aliphatic rings. The molecule has 0 aromatic heterocycles. The Morgan fingerprint density at radius 3 is 2.67 bits per heavy atom. The van der Waals surface area contributed by atoms with E-state index in [4.69, 9.17) is 9.84 Å². The molecule has 15 heavy (non-hydrogen) atoms. The number of ether oxygens (including phenoxy) is 1. The molecule has 0 unspecified atom stereocenters. The fourth-order valence-electron chi connectivity index (χ4n) is 2.54. The number of aliphatic hydroxyl groups is 1. The lowest BCUT2D eigenvalue weighted by Gasteiger charge is -2.35. The van der Waals surface area contributed by atoms with Gasteiger partial charge in [0.15, 0.2) is 0 Å². The summed E-state index contributed by atoms with van der Waals surface area (Å²) in [6, 6.07) is 0.217. The highest BCUT2D eigenvalue weighted by Crippen LogP contribution is 2.46. The number of carbonyl (C=O) groups is 1. The van der Waals surface area contributed by atoms with Crippen molar-refractivity contribution in [3.63, 3.8) is 0 Å². The predicted molar refractivity (Wildman–Crippen MR) is 55.4 cm³/mol. The number of rotatable bonds is 1. The minimum absolute atomic E-state index is 0.189. The van der Waals surface area contributed by atoms with Crippen LogP contribution in [0.15, 0.2) is 0 Å². The van der Waals surface area contributed by atoms with E-state index in [1.54, 1.807) is 4.90 Å². The molecule has 0 radical (unpaired) electrons. The molecule has 4 nitrogen and oxygen atoms in total. The van der Waals surface area contributed by atoms with Gasteiger partial charge < -0.3 is 14.7 Å². The lowest BCUT2D eigenvalue weighted by Crippen LogP contribution is -2.44. The van der Waals surface area contributed by atoms with Crippen molar-refractivity contribution in [3.05, 3.63) is 0 Å². The quantitative estimate of drug-likeness (QED) is 0.712. The van der Waals surface area contributed by atoms with Crippen LogP contribution in [0.2, 0.25) is 0 Å². The SMILES string of the molecule is CC(C)(C)OC(=O)N1C[C@@H]2C[C@H]1[C@@H]2CO. The minimum atomic E-state index is -0.432. The summed E-state index contributed by atoms with van der Waals surface area (Å²) >= 11 is 0. The minimum Gasteiger partial charge on any atom is -0.444 e. The lowest BCUT2D eigenvalue weighted by atomic mass is 9.74. The summed E-state index contributed by atoms with van der Waals surface area (Å²) in [6.07, 6.45) is 0.802. The number of fused-ring (bicyclic) bond motifs is 1. The molecule has 3 atom stereocenters. The Kier molecular flexibility index (Phi) is 2.41. The molecule has 1 aliphatic carbocycles. The zero-order valence-corrected chi connectivity index (χ0v) is 9.56. The molecular weight excluding hydrogens is 194 g/mol. The van der Waals surface area contributed by atoms with Gasteiger partial charge in [-0.1, -0.05) is 0 Å². The smallest absolute Gasteiger partial charge is 0.410 e. The van der Waals surface area contributed by atoms with Crippen LogP contribution >= 0.6 is 0 Å². The van der Waals surface area contributed by atoms with Crippen LogP contribution in [0.5, 0.6) is 0 Å². The summed E-state index contributed by atoms with van der Waals surface area (Å²) in [5, 5.41) is 9.12. The topological polar surface area (TPSA) is 49.8 Å². The van der Waals surface area contributed by atoms with Gasteiger partial charge in [0, 0.05) is 25.1 Å². The monoisotopic (exact) mass is 213 g/mol. The summed E-state index contributed by atoms with van der Waals surface area (Å²) in [5.41, 5.74) is -0.432. The van der Waals surface area contributed by atoms with Crippen molar-refractivity contribution in [1.29, 1.82) is 0 Å². The average Bonchev–Trinajstić information content (AvgIpc) is 2.56. The van der Waals surface area contributed by atoms with Gasteiger partial charge in [0.25, 0.3) is 0 Å². The average molecular weight is 213 g/mol. The molecular formula is C11H19NO3. The van der Waals surface area contributed by atoms with Crippen molar-refractivity contribution in [3.8, 4) is 0 Å². The van der Waals surface area contributed by atoms with Crippen molar-refractivity contribution in [2.24, 2.45) is 11.8 Å². The molecule has 1 saturated carbocycles. The summed E-state index contributed by atoms with van der Waals surface area (Å²) in [6.45, 7) is 6.55. The Balaban J connectivity index is 1.94. The number of amides is 1. The van der Waals surface area contributed by atoms with Crippen molar-refractivity contribution in [2.45, 2.75) is 38.8 Å². The highest BCUT2D eigenvalue weighted by atomic mass is 16.6. The molecule has 2 aliphatic heterocycles. The Labute approximate surface area is 90.2 Å². The first kappa shape index (κ1) is 10.7. The Morgan fingerprint density at radius 2 is 2.20 bits per heavy atom. The fraction of sp³-hybridized carbons (Fsp3) is 0.909. The van der Waals surface area contributed by atoms with Gasteiger partial charge >= 0.3 is 6.09 Å². The van der Waals surface area contributed by atoms with E-state index < -0.39 is 5.60 Å². The molecule has 1 N–H and O–H groups in total. The molecule has 86 valence electrons. The normalized spacial score (nSPS) is 33.9. The van der Waals surface area contributed by atoms with Gasteiger partial charge in [-0.25, -0.2) is 4.79 Å². The lowest BCUT2D eigenvalue weighted by molar-refractivity contribution is 0.0158. The van der Waals surface area contributed by atoms with E-state index in [1.807, 2.05) is 20.8 Å².